The molecule has 3 nitrogen and oxygen atoms in total. The van der Waals surface area contributed by atoms with Gasteiger partial charge in [-0.3, -0.25) is 4.79 Å². The van der Waals surface area contributed by atoms with Crippen molar-refractivity contribution in [2.75, 3.05) is 5.32 Å². The normalized spacial score (nSPS) is 22.3. The van der Waals surface area contributed by atoms with E-state index in [1.54, 1.807) is 0 Å². The predicted molar refractivity (Wildman–Crippen MR) is 91.1 cm³/mol. The van der Waals surface area contributed by atoms with Crippen LogP contribution in [0.2, 0.25) is 0 Å². The first-order valence-corrected chi connectivity index (χ1v) is 8.55. The van der Waals surface area contributed by atoms with Crippen molar-refractivity contribution in [3.8, 4) is 0 Å². The molecule has 1 atom stereocenters. The zero-order chi connectivity index (χ0) is 16.1. The van der Waals surface area contributed by atoms with Crippen LogP contribution in [0.5, 0.6) is 0 Å². The van der Waals surface area contributed by atoms with E-state index in [9.17, 15) is 4.79 Å². The smallest absolute Gasteiger partial charge is 0.234 e. The molecule has 120 valence electrons. The molecule has 1 unspecified atom stereocenters. The van der Waals surface area contributed by atoms with Gasteiger partial charge in [0.15, 0.2) is 0 Å². The molecule has 0 spiro atoms. The quantitative estimate of drug-likeness (QED) is 0.863. The summed E-state index contributed by atoms with van der Waals surface area (Å²) in [6.07, 6.45) is 6.41. The van der Waals surface area contributed by atoms with Crippen molar-refractivity contribution in [3.05, 3.63) is 28.3 Å². The molecule has 1 amide bonds. The van der Waals surface area contributed by atoms with Gasteiger partial charge in [0.2, 0.25) is 5.91 Å². The fourth-order valence-corrected chi connectivity index (χ4v) is 4.08. The van der Waals surface area contributed by atoms with Crippen LogP contribution in [-0.2, 0) is 10.2 Å². The summed E-state index contributed by atoms with van der Waals surface area (Å²) >= 11 is 0. The summed E-state index contributed by atoms with van der Waals surface area (Å²) in [7, 11) is 0. The Kier molecular flexibility index (Phi) is 3.80. The number of benzene rings is 1. The van der Waals surface area contributed by atoms with Gasteiger partial charge in [-0.15, -0.1) is 0 Å². The van der Waals surface area contributed by atoms with E-state index in [1.165, 1.54) is 48.8 Å². The van der Waals surface area contributed by atoms with E-state index < -0.39 is 5.41 Å². The minimum absolute atomic E-state index is 0.0911. The van der Waals surface area contributed by atoms with Crippen LogP contribution in [0.25, 0.3) is 0 Å². The number of hydrogen-bond donors (Lipinski definition) is 2. The highest BCUT2D eigenvalue weighted by Gasteiger charge is 2.40. The first-order chi connectivity index (χ1) is 10.3. The Labute approximate surface area is 133 Å². The lowest BCUT2D eigenvalue weighted by Crippen LogP contribution is -2.27. The van der Waals surface area contributed by atoms with E-state index in [-0.39, 0.29) is 11.9 Å². The van der Waals surface area contributed by atoms with E-state index in [0.717, 1.165) is 11.3 Å². The predicted octanol–water partition coefficient (Wildman–Crippen LogP) is 4.11. The maximum absolute atomic E-state index is 12.3. The highest BCUT2D eigenvalue weighted by Crippen LogP contribution is 2.44. The van der Waals surface area contributed by atoms with Crippen LogP contribution in [0.15, 0.2) is 6.07 Å². The molecular weight excluding hydrogens is 272 g/mol. The second-order valence-corrected chi connectivity index (χ2v) is 7.64. The molecule has 1 aliphatic carbocycles. The van der Waals surface area contributed by atoms with Crippen LogP contribution in [-0.4, -0.2) is 5.91 Å². The van der Waals surface area contributed by atoms with Crippen molar-refractivity contribution in [3.63, 3.8) is 0 Å². The number of fused-ring (bicyclic) bond motifs is 1. The van der Waals surface area contributed by atoms with Crippen LogP contribution in [0.4, 0.5) is 5.69 Å². The van der Waals surface area contributed by atoms with Gasteiger partial charge in [0, 0.05) is 11.7 Å². The van der Waals surface area contributed by atoms with Gasteiger partial charge in [0.1, 0.15) is 0 Å². The Morgan fingerprint density at radius 3 is 2.45 bits per heavy atom. The molecule has 0 saturated heterocycles. The molecule has 22 heavy (non-hydrogen) atoms. The summed E-state index contributed by atoms with van der Waals surface area (Å²) in [6, 6.07) is 2.30. The van der Waals surface area contributed by atoms with E-state index in [0.29, 0.717) is 5.92 Å². The second-order valence-electron chi connectivity index (χ2n) is 7.64. The van der Waals surface area contributed by atoms with Crippen LogP contribution < -0.4 is 11.1 Å². The lowest BCUT2D eigenvalue weighted by atomic mass is 9.77. The summed E-state index contributed by atoms with van der Waals surface area (Å²) in [5, 5.41) is 3.06. The minimum atomic E-state index is -0.463. The number of rotatable bonds is 2. The van der Waals surface area contributed by atoms with Crippen molar-refractivity contribution in [1.82, 2.24) is 0 Å². The fraction of sp³-hybridized carbons (Fsp3) is 0.632. The van der Waals surface area contributed by atoms with Crippen LogP contribution in [0, 0.1) is 19.8 Å². The Bertz CT molecular complexity index is 612. The van der Waals surface area contributed by atoms with Crippen LogP contribution >= 0.6 is 0 Å². The molecule has 2 aliphatic rings. The van der Waals surface area contributed by atoms with Crippen LogP contribution in [0.3, 0.4) is 0 Å². The summed E-state index contributed by atoms with van der Waals surface area (Å²) in [6.45, 7) is 8.25. The van der Waals surface area contributed by atoms with Crippen molar-refractivity contribution < 1.29 is 4.79 Å². The Hall–Kier alpha value is -1.35. The lowest BCUT2D eigenvalue weighted by molar-refractivity contribution is -0.119. The molecule has 0 aromatic heterocycles. The average molecular weight is 300 g/mol. The summed E-state index contributed by atoms with van der Waals surface area (Å²) in [4.78, 5) is 12.3. The molecule has 1 aliphatic heterocycles. The number of nitrogens with one attached hydrogen (secondary N) is 1. The van der Waals surface area contributed by atoms with Gasteiger partial charge in [0.25, 0.3) is 0 Å². The number of nitrogens with two attached hydrogens (primary N) is 1. The summed E-state index contributed by atoms with van der Waals surface area (Å²) < 4.78 is 0. The first kappa shape index (κ1) is 15.5. The second kappa shape index (κ2) is 5.38. The van der Waals surface area contributed by atoms with Gasteiger partial charge in [0.05, 0.1) is 5.41 Å². The molecule has 0 bridgehead atoms. The largest absolute Gasteiger partial charge is 0.325 e. The third kappa shape index (κ3) is 2.26. The molecule has 3 rings (SSSR count). The van der Waals surface area contributed by atoms with Gasteiger partial charge in [-0.25, -0.2) is 0 Å². The topological polar surface area (TPSA) is 55.1 Å². The highest BCUT2D eigenvalue weighted by atomic mass is 16.2. The zero-order valence-electron chi connectivity index (χ0n) is 14.3. The number of anilines is 1. The van der Waals surface area contributed by atoms with Crippen molar-refractivity contribution >= 4 is 11.6 Å². The third-order valence-electron chi connectivity index (χ3n) is 5.94. The first-order valence-electron chi connectivity index (χ1n) is 8.55. The standard InChI is InChI=1S/C19H28N2O/c1-11-12(2)17-15(19(3,4)18(22)21-17)10-14(11)16(20)13-8-6-5-7-9-13/h10,13,16H,5-9,20H2,1-4H3,(H,21,22). The average Bonchev–Trinajstić information content (AvgIpc) is 2.74. The molecule has 1 fully saturated rings. The van der Waals surface area contributed by atoms with Crippen molar-refractivity contribution in [2.24, 2.45) is 11.7 Å². The van der Waals surface area contributed by atoms with Crippen molar-refractivity contribution in [1.29, 1.82) is 0 Å². The maximum atomic E-state index is 12.3. The number of amides is 1. The number of carbonyl (C=O) groups excluding carboxylic acids is 1. The molecule has 1 aromatic rings. The SMILES string of the molecule is Cc1c(C(N)C2CCCCC2)cc2c(c1C)NC(=O)C2(C)C. The van der Waals surface area contributed by atoms with Gasteiger partial charge >= 0.3 is 0 Å². The van der Waals surface area contributed by atoms with Crippen molar-refractivity contribution in [2.45, 2.75) is 71.3 Å². The maximum Gasteiger partial charge on any atom is 0.234 e. The molecule has 1 heterocycles. The Morgan fingerprint density at radius 1 is 1.18 bits per heavy atom. The van der Waals surface area contributed by atoms with Gasteiger partial charge in [-0.2, -0.15) is 0 Å². The van der Waals surface area contributed by atoms with Crippen LogP contribution in [0.1, 0.15) is 74.2 Å². The summed E-state index contributed by atoms with van der Waals surface area (Å²) in [5.41, 5.74) is 12.0. The number of carbonyl (C=O) groups is 1. The molecule has 0 radical (unpaired) electrons. The lowest BCUT2D eigenvalue weighted by Gasteiger charge is -2.30. The van der Waals surface area contributed by atoms with E-state index in [4.69, 9.17) is 5.73 Å². The van der Waals surface area contributed by atoms with E-state index >= 15 is 0 Å². The van der Waals surface area contributed by atoms with Gasteiger partial charge in [-0.1, -0.05) is 25.3 Å². The monoisotopic (exact) mass is 300 g/mol. The van der Waals surface area contributed by atoms with E-state index in [2.05, 4.69) is 25.2 Å². The molecule has 3 N–H and O–H groups in total. The third-order valence-corrected chi connectivity index (χ3v) is 5.94. The van der Waals surface area contributed by atoms with Gasteiger partial charge in [-0.05, 0) is 68.7 Å². The highest BCUT2D eigenvalue weighted by molar-refractivity contribution is 6.06. The molecule has 1 aromatic carbocycles. The Balaban J connectivity index is 2.05. The molecule has 1 saturated carbocycles. The Morgan fingerprint density at radius 2 is 1.82 bits per heavy atom. The minimum Gasteiger partial charge on any atom is -0.325 e. The number of hydrogen-bond acceptors (Lipinski definition) is 2. The molecule has 3 heteroatoms. The molecular formula is C19H28N2O. The zero-order valence-corrected chi connectivity index (χ0v) is 14.3. The fourth-order valence-electron chi connectivity index (χ4n) is 4.08. The summed E-state index contributed by atoms with van der Waals surface area (Å²) in [5.74, 6) is 0.673. The van der Waals surface area contributed by atoms with Gasteiger partial charge < -0.3 is 11.1 Å². The van der Waals surface area contributed by atoms with E-state index in [1.807, 2.05) is 13.8 Å².